The molecule has 1 saturated heterocycles. The number of carbonyl (C=O) groups is 3. The van der Waals surface area contributed by atoms with Gasteiger partial charge < -0.3 is 4.74 Å². The van der Waals surface area contributed by atoms with Crippen LogP contribution in [0.4, 0.5) is 5.69 Å². The lowest BCUT2D eigenvalue weighted by Gasteiger charge is -2.50. The quantitative estimate of drug-likeness (QED) is 0.463. The number of carbonyl (C=O) groups excluding carboxylic acids is 3. The average Bonchev–Trinajstić information content (AvgIpc) is 2.82. The maximum Gasteiger partial charge on any atom is 0.332 e. The number of likely N-dealkylation sites (tertiary alicyclic amines) is 1. The van der Waals surface area contributed by atoms with Gasteiger partial charge in [0.1, 0.15) is 5.54 Å². The minimum atomic E-state index is -1.11. The highest BCUT2D eigenvalue weighted by atomic mass is 16.5. The number of anilines is 1. The molecule has 6 nitrogen and oxygen atoms in total. The topological polar surface area (TPSA) is 66.9 Å². The first kappa shape index (κ1) is 23.7. The van der Waals surface area contributed by atoms with Crippen molar-refractivity contribution in [2.24, 2.45) is 5.92 Å². The Kier molecular flexibility index (Phi) is 7.80. The van der Waals surface area contributed by atoms with Crippen LogP contribution in [0, 0.1) is 5.92 Å². The predicted octanol–water partition coefficient (Wildman–Crippen LogP) is 3.96. The molecule has 0 spiro atoms. The molecule has 0 aromatic heterocycles. The van der Waals surface area contributed by atoms with Crippen molar-refractivity contribution in [3.05, 3.63) is 66.2 Å². The Morgan fingerprint density at radius 1 is 1.03 bits per heavy atom. The molecule has 1 amide bonds. The van der Waals surface area contributed by atoms with E-state index in [0.29, 0.717) is 30.8 Å². The molecule has 0 N–H and O–H groups in total. The maximum absolute atomic E-state index is 13.4. The zero-order chi connectivity index (χ0) is 23.1. The number of Topliss-reactive ketones (excluding diaryl/α,β-unsaturated/α-hetero) is 1. The zero-order valence-corrected chi connectivity index (χ0v) is 19.1. The number of ether oxygens (including phenoxy) is 1. The summed E-state index contributed by atoms with van der Waals surface area (Å²) in [5.41, 5.74) is 0.249. The van der Waals surface area contributed by atoms with E-state index in [1.54, 1.807) is 18.7 Å². The number of piperidine rings is 1. The molecule has 0 bridgehead atoms. The van der Waals surface area contributed by atoms with Crippen LogP contribution in [-0.2, 0) is 14.3 Å². The molecule has 0 saturated carbocycles. The number of hydrogen-bond acceptors (Lipinski definition) is 5. The summed E-state index contributed by atoms with van der Waals surface area (Å²) in [5, 5.41) is 0. The van der Waals surface area contributed by atoms with Gasteiger partial charge in [0.2, 0.25) is 5.91 Å². The van der Waals surface area contributed by atoms with E-state index < -0.39 is 5.54 Å². The summed E-state index contributed by atoms with van der Waals surface area (Å²) in [7, 11) is 0. The Morgan fingerprint density at radius 3 is 2.22 bits per heavy atom. The van der Waals surface area contributed by atoms with Crippen LogP contribution < -0.4 is 4.90 Å². The van der Waals surface area contributed by atoms with Crippen LogP contribution in [0.5, 0.6) is 0 Å². The lowest BCUT2D eigenvalue weighted by atomic mass is 9.76. The van der Waals surface area contributed by atoms with Crippen molar-refractivity contribution in [3.8, 4) is 0 Å². The summed E-state index contributed by atoms with van der Waals surface area (Å²) in [6.45, 7) is 7.09. The molecule has 32 heavy (non-hydrogen) atoms. The van der Waals surface area contributed by atoms with Crippen LogP contribution in [0.1, 0.15) is 44.0 Å². The standard InChI is InChI=1S/C26H32N2O4/c1-4-24(30)28(22-14-10-7-11-15-22)26(25(31)32-5-2)16-17-27(18-20(26)3)19-23(29)21-12-8-6-9-13-21/h6-15,20H,4-5,16-19H2,1-3H3/t20-,26+/m1/s1. The summed E-state index contributed by atoms with van der Waals surface area (Å²) < 4.78 is 5.52. The van der Waals surface area contributed by atoms with Crippen molar-refractivity contribution in [1.29, 1.82) is 0 Å². The highest BCUT2D eigenvalue weighted by molar-refractivity contribution is 6.02. The van der Waals surface area contributed by atoms with Crippen LogP contribution in [0.25, 0.3) is 0 Å². The number of ketones is 1. The Bertz CT molecular complexity index is 931. The maximum atomic E-state index is 13.4. The molecule has 6 heteroatoms. The highest BCUT2D eigenvalue weighted by Crippen LogP contribution is 2.39. The van der Waals surface area contributed by atoms with Gasteiger partial charge in [-0.3, -0.25) is 19.4 Å². The fraction of sp³-hybridized carbons (Fsp3) is 0.423. The smallest absolute Gasteiger partial charge is 0.332 e. The van der Waals surface area contributed by atoms with Gasteiger partial charge in [-0.15, -0.1) is 0 Å². The Morgan fingerprint density at radius 2 is 1.66 bits per heavy atom. The SMILES string of the molecule is CCOC(=O)[C@]1(N(C(=O)CC)c2ccccc2)CCN(CC(=O)c2ccccc2)C[C@H]1C. The van der Waals surface area contributed by atoms with Gasteiger partial charge in [0, 0.05) is 36.7 Å². The number of benzene rings is 2. The summed E-state index contributed by atoms with van der Waals surface area (Å²) in [6, 6.07) is 18.5. The van der Waals surface area contributed by atoms with Crippen LogP contribution in [0.3, 0.4) is 0 Å². The average molecular weight is 437 g/mol. The second kappa shape index (κ2) is 10.6. The van der Waals surface area contributed by atoms with E-state index in [-0.39, 0.29) is 43.2 Å². The van der Waals surface area contributed by atoms with Crippen molar-refractivity contribution >= 4 is 23.3 Å². The van der Waals surface area contributed by atoms with Crippen LogP contribution in [0.15, 0.2) is 60.7 Å². The van der Waals surface area contributed by atoms with Gasteiger partial charge in [0.05, 0.1) is 13.2 Å². The third kappa shape index (κ3) is 4.75. The molecule has 3 rings (SSSR count). The fourth-order valence-electron chi connectivity index (χ4n) is 4.58. The second-order valence-electron chi connectivity index (χ2n) is 8.24. The lowest BCUT2D eigenvalue weighted by molar-refractivity contribution is -0.156. The first-order valence-corrected chi connectivity index (χ1v) is 11.3. The third-order valence-corrected chi connectivity index (χ3v) is 6.21. The van der Waals surface area contributed by atoms with Crippen molar-refractivity contribution in [2.75, 3.05) is 31.1 Å². The predicted molar refractivity (Wildman–Crippen MR) is 125 cm³/mol. The lowest BCUT2D eigenvalue weighted by Crippen LogP contribution is -2.67. The van der Waals surface area contributed by atoms with Gasteiger partial charge in [0.25, 0.3) is 0 Å². The largest absolute Gasteiger partial charge is 0.464 e. The number of hydrogen-bond donors (Lipinski definition) is 0. The molecule has 2 aromatic rings. The molecule has 1 fully saturated rings. The molecule has 1 aliphatic rings. The molecule has 1 aliphatic heterocycles. The van der Waals surface area contributed by atoms with E-state index in [4.69, 9.17) is 4.74 Å². The Hall–Kier alpha value is -2.99. The van der Waals surface area contributed by atoms with E-state index in [9.17, 15) is 14.4 Å². The Labute approximate surface area is 190 Å². The van der Waals surface area contributed by atoms with E-state index in [1.807, 2.05) is 67.6 Å². The number of esters is 1. The number of amides is 1. The van der Waals surface area contributed by atoms with Crippen molar-refractivity contribution < 1.29 is 19.1 Å². The second-order valence-corrected chi connectivity index (χ2v) is 8.24. The third-order valence-electron chi connectivity index (χ3n) is 6.21. The van der Waals surface area contributed by atoms with Crippen LogP contribution in [-0.4, -0.2) is 54.3 Å². The molecular formula is C26H32N2O4. The number of para-hydroxylation sites is 1. The molecule has 0 aliphatic carbocycles. The molecule has 170 valence electrons. The minimum absolute atomic E-state index is 0.0472. The van der Waals surface area contributed by atoms with Gasteiger partial charge in [0.15, 0.2) is 5.78 Å². The van der Waals surface area contributed by atoms with E-state index >= 15 is 0 Å². The highest BCUT2D eigenvalue weighted by Gasteiger charge is 2.54. The summed E-state index contributed by atoms with van der Waals surface area (Å²) in [5.74, 6) is -0.683. The monoisotopic (exact) mass is 436 g/mol. The molecule has 2 aromatic carbocycles. The first-order valence-electron chi connectivity index (χ1n) is 11.3. The van der Waals surface area contributed by atoms with Gasteiger partial charge in [-0.2, -0.15) is 0 Å². The minimum Gasteiger partial charge on any atom is -0.464 e. The first-order chi connectivity index (χ1) is 15.4. The van der Waals surface area contributed by atoms with Crippen molar-refractivity contribution in [2.45, 2.75) is 39.2 Å². The van der Waals surface area contributed by atoms with Gasteiger partial charge >= 0.3 is 5.97 Å². The van der Waals surface area contributed by atoms with Crippen LogP contribution in [0.2, 0.25) is 0 Å². The van der Waals surface area contributed by atoms with Crippen molar-refractivity contribution in [1.82, 2.24) is 4.90 Å². The van der Waals surface area contributed by atoms with E-state index in [2.05, 4.69) is 4.90 Å². The summed E-state index contributed by atoms with van der Waals surface area (Å²) >= 11 is 0. The molecule has 0 radical (unpaired) electrons. The normalized spacial score (nSPS) is 21.0. The van der Waals surface area contributed by atoms with Gasteiger partial charge in [-0.05, 0) is 25.5 Å². The number of rotatable bonds is 8. The molecule has 2 atom stereocenters. The number of nitrogens with zero attached hydrogens (tertiary/aromatic N) is 2. The van der Waals surface area contributed by atoms with E-state index in [0.717, 1.165) is 0 Å². The van der Waals surface area contributed by atoms with Gasteiger partial charge in [-0.25, -0.2) is 4.79 Å². The molecule has 1 heterocycles. The summed E-state index contributed by atoms with van der Waals surface area (Å²) in [4.78, 5) is 43.0. The van der Waals surface area contributed by atoms with E-state index in [1.165, 1.54) is 0 Å². The fourth-order valence-corrected chi connectivity index (χ4v) is 4.58. The van der Waals surface area contributed by atoms with Crippen molar-refractivity contribution in [3.63, 3.8) is 0 Å². The zero-order valence-electron chi connectivity index (χ0n) is 19.1. The summed E-state index contributed by atoms with van der Waals surface area (Å²) in [6.07, 6.45) is 0.675. The van der Waals surface area contributed by atoms with Crippen LogP contribution >= 0.6 is 0 Å². The Balaban J connectivity index is 1.91. The molecular weight excluding hydrogens is 404 g/mol. The molecule has 0 unspecified atom stereocenters. The van der Waals surface area contributed by atoms with Gasteiger partial charge in [-0.1, -0.05) is 62.4 Å².